The molecule has 0 N–H and O–H groups in total. The Morgan fingerprint density at radius 3 is 3.21 bits per heavy atom. The summed E-state index contributed by atoms with van der Waals surface area (Å²) in [6.07, 6.45) is 5.65. The molecule has 1 atom stereocenters. The van der Waals surface area contributed by atoms with Gasteiger partial charge in [0.05, 0.1) is 17.3 Å². The lowest BCUT2D eigenvalue weighted by Crippen LogP contribution is -2.40. The quantitative estimate of drug-likeness (QED) is 0.791. The molecule has 2 aromatic rings. The van der Waals surface area contributed by atoms with E-state index in [-0.39, 0.29) is 5.91 Å². The molecule has 2 aromatic heterocycles. The molecule has 1 amide bonds. The molecule has 1 aliphatic rings. The SMILES string of the molecule is O=C(c1cnn2ccccc12)N1CCCC(CCl)C1. The first-order valence-electron chi connectivity index (χ1n) is 6.57. The monoisotopic (exact) mass is 277 g/mol. The predicted molar refractivity (Wildman–Crippen MR) is 74.5 cm³/mol. The third-order valence-electron chi connectivity index (χ3n) is 3.68. The fourth-order valence-corrected chi connectivity index (χ4v) is 2.90. The smallest absolute Gasteiger partial charge is 0.257 e. The van der Waals surface area contributed by atoms with Gasteiger partial charge in [-0.25, -0.2) is 4.52 Å². The van der Waals surface area contributed by atoms with E-state index in [1.165, 1.54) is 0 Å². The molecular formula is C14H16ClN3O. The predicted octanol–water partition coefficient (Wildman–Crippen LogP) is 2.43. The van der Waals surface area contributed by atoms with E-state index in [9.17, 15) is 4.79 Å². The minimum Gasteiger partial charge on any atom is -0.338 e. The molecule has 3 heterocycles. The molecule has 19 heavy (non-hydrogen) atoms. The summed E-state index contributed by atoms with van der Waals surface area (Å²) < 4.78 is 1.73. The third kappa shape index (κ3) is 2.32. The van der Waals surface area contributed by atoms with Crippen molar-refractivity contribution < 1.29 is 4.79 Å². The molecule has 1 aliphatic heterocycles. The number of fused-ring (bicyclic) bond motifs is 1. The Morgan fingerprint density at radius 2 is 2.37 bits per heavy atom. The van der Waals surface area contributed by atoms with Crippen LogP contribution in [0.15, 0.2) is 30.6 Å². The van der Waals surface area contributed by atoms with Crippen molar-refractivity contribution in [2.75, 3.05) is 19.0 Å². The van der Waals surface area contributed by atoms with Crippen molar-refractivity contribution in [1.29, 1.82) is 0 Å². The second-order valence-corrected chi connectivity index (χ2v) is 5.31. The standard InChI is InChI=1S/C14H16ClN3O/c15-8-11-4-3-6-17(10-11)14(19)12-9-16-18-7-2-1-5-13(12)18/h1-2,5,7,9,11H,3-4,6,8,10H2. The van der Waals surface area contributed by atoms with E-state index < -0.39 is 0 Å². The van der Waals surface area contributed by atoms with Gasteiger partial charge in [0.15, 0.2) is 0 Å². The number of aromatic nitrogens is 2. The van der Waals surface area contributed by atoms with Crippen LogP contribution in [0, 0.1) is 5.92 Å². The first-order valence-corrected chi connectivity index (χ1v) is 7.10. The molecule has 4 nitrogen and oxygen atoms in total. The fourth-order valence-electron chi connectivity index (χ4n) is 2.65. The van der Waals surface area contributed by atoms with E-state index in [0.717, 1.165) is 31.4 Å². The molecule has 0 spiro atoms. The number of alkyl halides is 1. The largest absolute Gasteiger partial charge is 0.338 e. The molecule has 5 heteroatoms. The lowest BCUT2D eigenvalue weighted by atomic mass is 9.99. The number of pyridine rings is 1. The van der Waals surface area contributed by atoms with E-state index in [0.29, 0.717) is 17.4 Å². The number of piperidine rings is 1. The Labute approximate surface area is 117 Å². The zero-order valence-electron chi connectivity index (χ0n) is 10.6. The highest BCUT2D eigenvalue weighted by Gasteiger charge is 2.25. The zero-order valence-corrected chi connectivity index (χ0v) is 11.4. The second-order valence-electron chi connectivity index (χ2n) is 5.00. The topological polar surface area (TPSA) is 37.6 Å². The molecule has 0 aromatic carbocycles. The average Bonchev–Trinajstić information content (AvgIpc) is 2.90. The Hall–Kier alpha value is -1.55. The van der Waals surface area contributed by atoms with Crippen molar-refractivity contribution in [2.24, 2.45) is 5.92 Å². The Balaban J connectivity index is 1.87. The molecule has 3 rings (SSSR count). The summed E-state index contributed by atoms with van der Waals surface area (Å²) in [6, 6.07) is 5.74. The normalized spacial score (nSPS) is 19.8. The van der Waals surface area contributed by atoms with Crippen LogP contribution in [-0.2, 0) is 0 Å². The maximum atomic E-state index is 12.6. The molecule has 0 bridgehead atoms. The number of amides is 1. The van der Waals surface area contributed by atoms with Crippen molar-refractivity contribution in [1.82, 2.24) is 14.5 Å². The maximum absolute atomic E-state index is 12.6. The highest BCUT2D eigenvalue weighted by atomic mass is 35.5. The van der Waals surface area contributed by atoms with E-state index in [4.69, 9.17) is 11.6 Å². The number of hydrogen-bond acceptors (Lipinski definition) is 2. The first kappa shape index (κ1) is 12.5. The van der Waals surface area contributed by atoms with Crippen LogP contribution in [-0.4, -0.2) is 39.4 Å². The Morgan fingerprint density at radius 1 is 1.47 bits per heavy atom. The fraction of sp³-hybridized carbons (Fsp3) is 0.429. The molecular weight excluding hydrogens is 262 g/mol. The Kier molecular flexibility index (Phi) is 3.42. The lowest BCUT2D eigenvalue weighted by Gasteiger charge is -2.31. The van der Waals surface area contributed by atoms with Crippen molar-refractivity contribution in [3.05, 3.63) is 36.2 Å². The summed E-state index contributed by atoms with van der Waals surface area (Å²) in [7, 11) is 0. The summed E-state index contributed by atoms with van der Waals surface area (Å²) in [4.78, 5) is 14.5. The Bertz CT molecular complexity index is 595. The van der Waals surface area contributed by atoms with E-state index in [1.54, 1.807) is 10.7 Å². The number of carbonyl (C=O) groups excluding carboxylic acids is 1. The van der Waals surface area contributed by atoms with E-state index in [2.05, 4.69) is 5.10 Å². The number of hydrogen-bond donors (Lipinski definition) is 0. The van der Waals surface area contributed by atoms with Crippen LogP contribution in [0.4, 0.5) is 0 Å². The number of nitrogens with zero attached hydrogens (tertiary/aromatic N) is 3. The lowest BCUT2D eigenvalue weighted by molar-refractivity contribution is 0.0687. The van der Waals surface area contributed by atoms with Crippen LogP contribution < -0.4 is 0 Å². The van der Waals surface area contributed by atoms with E-state index in [1.807, 2.05) is 29.3 Å². The van der Waals surface area contributed by atoms with Crippen LogP contribution >= 0.6 is 11.6 Å². The highest BCUT2D eigenvalue weighted by Crippen LogP contribution is 2.21. The van der Waals surface area contributed by atoms with Gasteiger partial charge in [-0.3, -0.25) is 4.79 Å². The molecule has 0 aliphatic carbocycles. The van der Waals surface area contributed by atoms with Crippen molar-refractivity contribution in [3.8, 4) is 0 Å². The highest BCUT2D eigenvalue weighted by molar-refractivity contribution is 6.18. The number of halogens is 1. The van der Waals surface area contributed by atoms with Gasteiger partial charge in [-0.15, -0.1) is 11.6 Å². The van der Waals surface area contributed by atoms with Crippen molar-refractivity contribution in [3.63, 3.8) is 0 Å². The minimum atomic E-state index is 0.0658. The van der Waals surface area contributed by atoms with Gasteiger partial charge in [0.25, 0.3) is 5.91 Å². The summed E-state index contributed by atoms with van der Waals surface area (Å²) >= 11 is 5.92. The number of rotatable bonds is 2. The van der Waals surface area contributed by atoms with Crippen LogP contribution in [0.1, 0.15) is 23.2 Å². The maximum Gasteiger partial charge on any atom is 0.257 e. The van der Waals surface area contributed by atoms with Crippen LogP contribution in [0.2, 0.25) is 0 Å². The number of likely N-dealkylation sites (tertiary alicyclic amines) is 1. The van der Waals surface area contributed by atoms with Gasteiger partial charge >= 0.3 is 0 Å². The summed E-state index contributed by atoms with van der Waals surface area (Å²) in [6.45, 7) is 1.57. The van der Waals surface area contributed by atoms with Crippen molar-refractivity contribution in [2.45, 2.75) is 12.8 Å². The van der Waals surface area contributed by atoms with Gasteiger partial charge in [0, 0.05) is 25.2 Å². The van der Waals surface area contributed by atoms with Gasteiger partial charge < -0.3 is 4.90 Å². The first-order chi connectivity index (χ1) is 9.29. The van der Waals surface area contributed by atoms with Gasteiger partial charge in [0.2, 0.25) is 0 Å². The van der Waals surface area contributed by atoms with Gasteiger partial charge in [-0.1, -0.05) is 6.07 Å². The van der Waals surface area contributed by atoms with Crippen LogP contribution in [0.25, 0.3) is 5.52 Å². The summed E-state index contributed by atoms with van der Waals surface area (Å²) in [5.74, 6) is 1.11. The average molecular weight is 278 g/mol. The molecule has 100 valence electrons. The molecule has 1 unspecified atom stereocenters. The van der Waals surface area contributed by atoms with Crippen LogP contribution in [0.3, 0.4) is 0 Å². The van der Waals surface area contributed by atoms with Gasteiger partial charge in [-0.05, 0) is 30.9 Å². The molecule has 1 saturated heterocycles. The van der Waals surface area contributed by atoms with Crippen molar-refractivity contribution >= 4 is 23.0 Å². The summed E-state index contributed by atoms with van der Waals surface area (Å²) in [5.41, 5.74) is 1.54. The molecule has 0 saturated carbocycles. The minimum absolute atomic E-state index is 0.0658. The zero-order chi connectivity index (χ0) is 13.2. The van der Waals surface area contributed by atoms with E-state index >= 15 is 0 Å². The molecule has 0 radical (unpaired) electrons. The molecule has 1 fully saturated rings. The third-order valence-corrected chi connectivity index (χ3v) is 4.12. The van der Waals surface area contributed by atoms with Gasteiger partial charge in [0.1, 0.15) is 0 Å². The number of carbonyl (C=O) groups is 1. The van der Waals surface area contributed by atoms with Gasteiger partial charge in [-0.2, -0.15) is 5.10 Å². The second kappa shape index (κ2) is 5.21. The van der Waals surface area contributed by atoms with Crippen LogP contribution in [0.5, 0.6) is 0 Å². The summed E-state index contributed by atoms with van der Waals surface area (Å²) in [5, 5.41) is 4.22.